The maximum atomic E-state index is 5.77. The van der Waals surface area contributed by atoms with Crippen LogP contribution in [0.4, 0.5) is 5.82 Å². The first-order valence-corrected chi connectivity index (χ1v) is 5.12. The fraction of sp³-hybridized carbons (Fsp3) is 0.583. The molecule has 0 aliphatic rings. The van der Waals surface area contributed by atoms with Gasteiger partial charge in [0.1, 0.15) is 5.82 Å². The van der Waals surface area contributed by atoms with Crippen LogP contribution in [-0.4, -0.2) is 4.98 Å². The topological polar surface area (TPSA) is 38.9 Å². The molecule has 0 aromatic carbocycles. The van der Waals surface area contributed by atoms with Crippen LogP contribution < -0.4 is 5.73 Å². The number of rotatable bonds is 1. The van der Waals surface area contributed by atoms with Gasteiger partial charge in [0.05, 0.1) is 5.69 Å². The summed E-state index contributed by atoms with van der Waals surface area (Å²) >= 11 is 0. The zero-order valence-corrected chi connectivity index (χ0v) is 9.81. The van der Waals surface area contributed by atoms with E-state index in [0.29, 0.717) is 5.82 Å². The first-order valence-electron chi connectivity index (χ1n) is 5.12. The van der Waals surface area contributed by atoms with Crippen molar-refractivity contribution >= 4 is 5.82 Å². The number of anilines is 1. The normalized spacial score (nSPS) is 11.8. The molecule has 0 spiro atoms. The summed E-state index contributed by atoms with van der Waals surface area (Å²) in [4.78, 5) is 4.45. The van der Waals surface area contributed by atoms with E-state index >= 15 is 0 Å². The van der Waals surface area contributed by atoms with Gasteiger partial charge in [-0.1, -0.05) is 27.7 Å². The molecule has 1 aromatic rings. The van der Waals surface area contributed by atoms with Gasteiger partial charge in [-0.2, -0.15) is 0 Å². The van der Waals surface area contributed by atoms with Crippen LogP contribution in [0.2, 0.25) is 0 Å². The minimum atomic E-state index is 0.0749. The van der Waals surface area contributed by atoms with Gasteiger partial charge in [-0.25, -0.2) is 4.98 Å². The average Bonchev–Trinajstić information content (AvgIpc) is 2.01. The molecule has 14 heavy (non-hydrogen) atoms. The van der Waals surface area contributed by atoms with Crippen molar-refractivity contribution in [2.75, 3.05) is 5.73 Å². The van der Waals surface area contributed by atoms with Gasteiger partial charge in [-0.05, 0) is 30.5 Å². The molecule has 2 heteroatoms. The molecule has 0 radical (unpaired) electrons. The number of nitrogen functional groups attached to an aromatic ring is 1. The number of hydrogen-bond acceptors (Lipinski definition) is 2. The van der Waals surface area contributed by atoms with Crippen molar-refractivity contribution in [3.63, 3.8) is 0 Å². The van der Waals surface area contributed by atoms with Crippen molar-refractivity contribution in [3.8, 4) is 0 Å². The summed E-state index contributed by atoms with van der Waals surface area (Å²) in [6.45, 7) is 10.8. The second-order valence-corrected chi connectivity index (χ2v) is 4.79. The fourth-order valence-electron chi connectivity index (χ4n) is 1.79. The zero-order valence-electron chi connectivity index (χ0n) is 9.81. The summed E-state index contributed by atoms with van der Waals surface area (Å²) in [5.41, 5.74) is 9.57. The third-order valence-electron chi connectivity index (χ3n) is 2.43. The maximum absolute atomic E-state index is 5.77. The van der Waals surface area contributed by atoms with Gasteiger partial charge in [0.25, 0.3) is 0 Å². The SMILES string of the molecule is CCc1c(C)cc(N)nc1C(C)(C)C. The summed E-state index contributed by atoms with van der Waals surface area (Å²) in [7, 11) is 0. The van der Waals surface area contributed by atoms with Gasteiger partial charge in [-0.3, -0.25) is 0 Å². The number of aryl methyl sites for hydroxylation is 1. The Kier molecular flexibility index (Phi) is 2.84. The summed E-state index contributed by atoms with van der Waals surface area (Å²) in [5, 5.41) is 0. The Bertz CT molecular complexity index is 335. The van der Waals surface area contributed by atoms with Gasteiger partial charge < -0.3 is 5.73 Å². The van der Waals surface area contributed by atoms with E-state index in [2.05, 4.69) is 39.6 Å². The average molecular weight is 192 g/mol. The molecule has 0 aliphatic heterocycles. The Labute approximate surface area is 86.5 Å². The highest BCUT2D eigenvalue weighted by Gasteiger charge is 2.20. The molecule has 1 rings (SSSR count). The zero-order chi connectivity index (χ0) is 10.9. The van der Waals surface area contributed by atoms with E-state index in [9.17, 15) is 0 Å². The highest BCUT2D eigenvalue weighted by atomic mass is 14.9. The maximum Gasteiger partial charge on any atom is 0.123 e. The van der Waals surface area contributed by atoms with Crippen molar-refractivity contribution in [2.24, 2.45) is 0 Å². The van der Waals surface area contributed by atoms with Crippen molar-refractivity contribution in [2.45, 2.75) is 46.5 Å². The van der Waals surface area contributed by atoms with Gasteiger partial charge >= 0.3 is 0 Å². The molecule has 2 N–H and O–H groups in total. The summed E-state index contributed by atoms with van der Waals surface area (Å²) < 4.78 is 0. The summed E-state index contributed by atoms with van der Waals surface area (Å²) in [5.74, 6) is 0.629. The number of hydrogen-bond donors (Lipinski definition) is 1. The number of nitrogens with zero attached hydrogens (tertiary/aromatic N) is 1. The van der Waals surface area contributed by atoms with Gasteiger partial charge in [-0.15, -0.1) is 0 Å². The Morgan fingerprint density at radius 2 is 1.93 bits per heavy atom. The van der Waals surface area contributed by atoms with E-state index in [1.54, 1.807) is 0 Å². The second-order valence-electron chi connectivity index (χ2n) is 4.79. The molecule has 1 heterocycles. The standard InChI is InChI=1S/C12H20N2/c1-6-9-8(2)7-10(13)14-11(9)12(3,4)5/h7H,6H2,1-5H3,(H2,13,14). The van der Waals surface area contributed by atoms with Gasteiger partial charge in [0, 0.05) is 5.41 Å². The van der Waals surface area contributed by atoms with Crippen LogP contribution in [0, 0.1) is 6.92 Å². The lowest BCUT2D eigenvalue weighted by atomic mass is 9.86. The Hall–Kier alpha value is -1.05. The van der Waals surface area contributed by atoms with Crippen LogP contribution in [0.3, 0.4) is 0 Å². The van der Waals surface area contributed by atoms with E-state index in [4.69, 9.17) is 5.73 Å². The van der Waals surface area contributed by atoms with E-state index in [0.717, 1.165) is 12.1 Å². The first-order chi connectivity index (χ1) is 6.36. The van der Waals surface area contributed by atoms with Crippen molar-refractivity contribution < 1.29 is 0 Å². The molecule has 0 aliphatic carbocycles. The molecule has 0 bridgehead atoms. The van der Waals surface area contributed by atoms with Crippen LogP contribution >= 0.6 is 0 Å². The summed E-state index contributed by atoms with van der Waals surface area (Å²) in [6, 6.07) is 1.95. The molecule has 0 fully saturated rings. The number of nitrogens with two attached hydrogens (primary N) is 1. The van der Waals surface area contributed by atoms with Gasteiger partial charge in [0.15, 0.2) is 0 Å². The molecule has 1 aromatic heterocycles. The van der Waals surface area contributed by atoms with E-state index in [1.165, 1.54) is 11.1 Å². The van der Waals surface area contributed by atoms with Crippen molar-refractivity contribution in [3.05, 3.63) is 22.9 Å². The molecular formula is C12H20N2. The van der Waals surface area contributed by atoms with E-state index < -0.39 is 0 Å². The van der Waals surface area contributed by atoms with Crippen LogP contribution in [0.1, 0.15) is 44.5 Å². The highest BCUT2D eigenvalue weighted by molar-refractivity contribution is 5.42. The predicted octanol–water partition coefficient (Wildman–Crippen LogP) is 2.83. The lowest BCUT2D eigenvalue weighted by molar-refractivity contribution is 0.561. The van der Waals surface area contributed by atoms with Crippen molar-refractivity contribution in [1.29, 1.82) is 0 Å². The first kappa shape index (κ1) is 11.0. The van der Waals surface area contributed by atoms with E-state index in [1.807, 2.05) is 6.07 Å². The minimum absolute atomic E-state index is 0.0749. The summed E-state index contributed by atoms with van der Waals surface area (Å²) in [6.07, 6.45) is 1.02. The quantitative estimate of drug-likeness (QED) is 0.743. The Morgan fingerprint density at radius 1 is 1.36 bits per heavy atom. The molecule has 2 nitrogen and oxygen atoms in total. The fourth-order valence-corrected chi connectivity index (χ4v) is 1.79. The van der Waals surface area contributed by atoms with Crippen LogP contribution in [-0.2, 0) is 11.8 Å². The minimum Gasteiger partial charge on any atom is -0.384 e. The Balaban J connectivity index is 3.40. The second kappa shape index (κ2) is 3.60. The predicted molar refractivity (Wildman–Crippen MR) is 61.5 cm³/mol. The van der Waals surface area contributed by atoms with Crippen LogP contribution in [0.5, 0.6) is 0 Å². The lowest BCUT2D eigenvalue weighted by Crippen LogP contribution is -2.18. The lowest BCUT2D eigenvalue weighted by Gasteiger charge is -2.23. The molecule has 0 unspecified atom stereocenters. The molecular weight excluding hydrogens is 172 g/mol. The molecule has 0 amide bonds. The number of pyridine rings is 1. The molecule has 78 valence electrons. The van der Waals surface area contributed by atoms with E-state index in [-0.39, 0.29) is 5.41 Å². The van der Waals surface area contributed by atoms with Crippen molar-refractivity contribution in [1.82, 2.24) is 4.98 Å². The van der Waals surface area contributed by atoms with Crippen LogP contribution in [0.25, 0.3) is 0 Å². The monoisotopic (exact) mass is 192 g/mol. The number of aromatic nitrogens is 1. The van der Waals surface area contributed by atoms with Gasteiger partial charge in [0.2, 0.25) is 0 Å². The smallest absolute Gasteiger partial charge is 0.123 e. The Morgan fingerprint density at radius 3 is 2.36 bits per heavy atom. The van der Waals surface area contributed by atoms with Crippen LogP contribution in [0.15, 0.2) is 6.07 Å². The third-order valence-corrected chi connectivity index (χ3v) is 2.43. The largest absolute Gasteiger partial charge is 0.384 e. The molecule has 0 atom stereocenters. The third kappa shape index (κ3) is 2.06. The molecule has 0 saturated heterocycles. The highest BCUT2D eigenvalue weighted by Crippen LogP contribution is 2.27. The molecule has 0 saturated carbocycles.